The molecule has 2 aromatic rings. The van der Waals surface area contributed by atoms with E-state index >= 15 is 0 Å². The second-order valence-electron chi connectivity index (χ2n) is 4.41. The molecule has 1 aliphatic heterocycles. The fourth-order valence-corrected chi connectivity index (χ4v) is 2.80. The number of anilines is 1. The quantitative estimate of drug-likeness (QED) is 0.921. The van der Waals surface area contributed by atoms with Gasteiger partial charge in [0, 0.05) is 6.54 Å². The number of methoxy groups -OCH3 is 1. The van der Waals surface area contributed by atoms with Gasteiger partial charge in [0.25, 0.3) is 0 Å². The number of benzene rings is 1. The van der Waals surface area contributed by atoms with Crippen LogP contribution in [0.15, 0.2) is 28.9 Å². The van der Waals surface area contributed by atoms with Crippen LogP contribution in [0.3, 0.4) is 0 Å². The van der Waals surface area contributed by atoms with Gasteiger partial charge in [-0.2, -0.15) is 5.10 Å². The summed E-state index contributed by atoms with van der Waals surface area (Å²) in [5, 5.41) is 7.62. The molecule has 1 N–H and O–H groups in total. The molecule has 1 unspecified atom stereocenters. The summed E-state index contributed by atoms with van der Waals surface area (Å²) in [5.74, 6) is 0.860. The molecule has 100 valence electrons. The Morgan fingerprint density at radius 2 is 2.37 bits per heavy atom. The predicted octanol–water partition coefficient (Wildman–Crippen LogP) is 3.20. The van der Waals surface area contributed by atoms with Crippen LogP contribution in [0, 0.1) is 5.82 Å². The molecule has 0 bridgehead atoms. The van der Waals surface area contributed by atoms with E-state index in [1.165, 1.54) is 13.2 Å². The van der Waals surface area contributed by atoms with Crippen LogP contribution < -0.4 is 10.1 Å². The normalized spacial score (nSPS) is 17.7. The Morgan fingerprint density at radius 1 is 1.53 bits per heavy atom. The van der Waals surface area contributed by atoms with Crippen molar-refractivity contribution in [3.63, 3.8) is 0 Å². The fourth-order valence-electron chi connectivity index (χ4n) is 2.39. The summed E-state index contributed by atoms with van der Waals surface area (Å²) in [4.78, 5) is 0. The molecule has 3 rings (SSSR count). The maximum atomic E-state index is 13.8. The first-order chi connectivity index (χ1) is 9.20. The zero-order valence-electron chi connectivity index (χ0n) is 10.4. The topological polar surface area (TPSA) is 39.1 Å². The van der Waals surface area contributed by atoms with Crippen LogP contribution in [-0.4, -0.2) is 23.4 Å². The van der Waals surface area contributed by atoms with Crippen molar-refractivity contribution < 1.29 is 9.13 Å². The van der Waals surface area contributed by atoms with E-state index in [-0.39, 0.29) is 17.6 Å². The number of fused-ring (bicyclic) bond motifs is 1. The Bertz CT molecular complexity index is 614. The van der Waals surface area contributed by atoms with Crippen LogP contribution in [0.5, 0.6) is 5.75 Å². The highest BCUT2D eigenvalue weighted by Crippen LogP contribution is 2.34. The Balaban J connectivity index is 2.01. The highest BCUT2D eigenvalue weighted by molar-refractivity contribution is 9.10. The van der Waals surface area contributed by atoms with Crippen LogP contribution in [0.4, 0.5) is 10.2 Å². The molecule has 0 fully saturated rings. The second-order valence-corrected chi connectivity index (χ2v) is 5.27. The third kappa shape index (κ3) is 2.10. The first-order valence-corrected chi connectivity index (χ1v) is 6.80. The molecule has 0 saturated carbocycles. The highest BCUT2D eigenvalue weighted by Gasteiger charge is 2.24. The SMILES string of the molecule is COc1ccc(C2CCNc3c(Br)cnn32)cc1F. The van der Waals surface area contributed by atoms with Crippen LogP contribution in [-0.2, 0) is 0 Å². The third-order valence-electron chi connectivity index (χ3n) is 3.32. The molecule has 4 nitrogen and oxygen atoms in total. The van der Waals surface area contributed by atoms with E-state index in [1.54, 1.807) is 12.3 Å². The van der Waals surface area contributed by atoms with E-state index in [1.807, 2.05) is 10.7 Å². The fraction of sp³-hybridized carbons (Fsp3) is 0.308. The van der Waals surface area contributed by atoms with Gasteiger partial charge in [-0.15, -0.1) is 0 Å². The molecular formula is C13H13BrFN3O. The van der Waals surface area contributed by atoms with Gasteiger partial charge in [0.15, 0.2) is 11.6 Å². The molecule has 0 saturated heterocycles. The van der Waals surface area contributed by atoms with E-state index in [0.29, 0.717) is 0 Å². The third-order valence-corrected chi connectivity index (χ3v) is 3.90. The Labute approximate surface area is 118 Å². The lowest BCUT2D eigenvalue weighted by molar-refractivity contribution is 0.384. The number of ether oxygens (including phenoxy) is 1. The largest absolute Gasteiger partial charge is 0.494 e. The molecule has 1 aliphatic rings. The molecule has 1 aromatic heterocycles. The summed E-state index contributed by atoms with van der Waals surface area (Å²) in [6, 6.07) is 5.11. The smallest absolute Gasteiger partial charge is 0.165 e. The number of rotatable bonds is 2. The summed E-state index contributed by atoms with van der Waals surface area (Å²) in [7, 11) is 1.46. The average molecular weight is 326 g/mol. The zero-order valence-corrected chi connectivity index (χ0v) is 11.9. The molecule has 6 heteroatoms. The first-order valence-electron chi connectivity index (χ1n) is 6.01. The maximum absolute atomic E-state index is 13.8. The van der Waals surface area contributed by atoms with E-state index in [0.717, 1.165) is 28.8 Å². The van der Waals surface area contributed by atoms with Crippen molar-refractivity contribution in [2.24, 2.45) is 0 Å². The van der Waals surface area contributed by atoms with Crippen molar-refractivity contribution in [3.05, 3.63) is 40.2 Å². The van der Waals surface area contributed by atoms with Gasteiger partial charge < -0.3 is 10.1 Å². The van der Waals surface area contributed by atoms with Crippen LogP contribution in [0.25, 0.3) is 0 Å². The minimum absolute atomic E-state index is 0.0444. The molecule has 0 amide bonds. The molecule has 2 heterocycles. The zero-order chi connectivity index (χ0) is 13.4. The highest BCUT2D eigenvalue weighted by atomic mass is 79.9. The summed E-state index contributed by atoms with van der Waals surface area (Å²) in [6.07, 6.45) is 2.62. The van der Waals surface area contributed by atoms with Gasteiger partial charge >= 0.3 is 0 Å². The summed E-state index contributed by atoms with van der Waals surface area (Å²) in [5.41, 5.74) is 0.900. The van der Waals surface area contributed by atoms with Crippen molar-refractivity contribution >= 4 is 21.7 Å². The number of halogens is 2. The molecular weight excluding hydrogens is 313 g/mol. The minimum Gasteiger partial charge on any atom is -0.494 e. The van der Waals surface area contributed by atoms with Gasteiger partial charge in [-0.1, -0.05) is 6.07 Å². The predicted molar refractivity (Wildman–Crippen MR) is 74.1 cm³/mol. The Kier molecular flexibility index (Phi) is 3.18. The molecule has 1 atom stereocenters. The lowest BCUT2D eigenvalue weighted by atomic mass is 10.0. The lowest BCUT2D eigenvalue weighted by Gasteiger charge is -2.26. The Morgan fingerprint density at radius 3 is 3.11 bits per heavy atom. The Hall–Kier alpha value is -1.56. The molecule has 19 heavy (non-hydrogen) atoms. The maximum Gasteiger partial charge on any atom is 0.165 e. The van der Waals surface area contributed by atoms with E-state index < -0.39 is 0 Å². The van der Waals surface area contributed by atoms with E-state index in [9.17, 15) is 4.39 Å². The number of aromatic nitrogens is 2. The van der Waals surface area contributed by atoms with Crippen molar-refractivity contribution in [3.8, 4) is 5.75 Å². The summed E-state index contributed by atoms with van der Waals surface area (Å²) < 4.78 is 21.6. The van der Waals surface area contributed by atoms with Gasteiger partial charge in [0.1, 0.15) is 5.82 Å². The minimum atomic E-state index is -0.341. The number of nitrogens with zero attached hydrogens (tertiary/aromatic N) is 2. The number of hydrogen-bond donors (Lipinski definition) is 1. The first kappa shape index (κ1) is 12.5. The van der Waals surface area contributed by atoms with Crippen LogP contribution >= 0.6 is 15.9 Å². The van der Waals surface area contributed by atoms with Gasteiger partial charge in [-0.05, 0) is 40.0 Å². The standard InChI is InChI=1S/C13H13BrFN3O/c1-19-12-3-2-8(6-10(12)15)11-4-5-16-13-9(14)7-17-18(11)13/h2-3,6-7,11,16H,4-5H2,1H3. The van der Waals surface area contributed by atoms with Gasteiger partial charge in [0.2, 0.25) is 0 Å². The molecule has 0 aliphatic carbocycles. The lowest BCUT2D eigenvalue weighted by Crippen LogP contribution is -2.24. The van der Waals surface area contributed by atoms with Crippen molar-refractivity contribution in [1.82, 2.24) is 9.78 Å². The van der Waals surface area contributed by atoms with Gasteiger partial charge in [-0.3, -0.25) is 0 Å². The van der Waals surface area contributed by atoms with Crippen LogP contribution in [0.2, 0.25) is 0 Å². The molecule has 0 radical (unpaired) electrons. The summed E-state index contributed by atoms with van der Waals surface area (Å²) >= 11 is 3.45. The van der Waals surface area contributed by atoms with E-state index in [2.05, 4.69) is 26.3 Å². The molecule has 1 aromatic carbocycles. The van der Waals surface area contributed by atoms with Gasteiger partial charge in [0.05, 0.1) is 23.8 Å². The summed E-state index contributed by atoms with van der Waals surface area (Å²) in [6.45, 7) is 0.836. The second kappa shape index (κ2) is 4.85. The average Bonchev–Trinajstić information content (AvgIpc) is 2.80. The molecule has 0 spiro atoms. The number of hydrogen-bond acceptors (Lipinski definition) is 3. The number of nitrogens with one attached hydrogen (secondary N) is 1. The van der Waals surface area contributed by atoms with Crippen molar-refractivity contribution in [1.29, 1.82) is 0 Å². The van der Waals surface area contributed by atoms with Crippen molar-refractivity contribution in [2.45, 2.75) is 12.5 Å². The monoisotopic (exact) mass is 325 g/mol. The van der Waals surface area contributed by atoms with Crippen LogP contribution in [0.1, 0.15) is 18.0 Å². The van der Waals surface area contributed by atoms with E-state index in [4.69, 9.17) is 4.74 Å². The van der Waals surface area contributed by atoms with Gasteiger partial charge in [-0.25, -0.2) is 9.07 Å². The van der Waals surface area contributed by atoms with Crippen molar-refractivity contribution in [2.75, 3.05) is 19.0 Å².